The van der Waals surface area contributed by atoms with Crippen LogP contribution in [-0.2, 0) is 4.79 Å². The molecule has 0 aromatic rings. The van der Waals surface area contributed by atoms with Crippen LogP contribution in [0.4, 0.5) is 0 Å². The number of Topliss-reactive ketones (excluding diaryl/α,β-unsaturated/α-hetero) is 1. The van der Waals surface area contributed by atoms with Crippen LogP contribution in [0, 0.1) is 5.92 Å². The Bertz CT molecular complexity index is 260. The van der Waals surface area contributed by atoms with E-state index in [1.165, 1.54) is 6.92 Å². The lowest BCUT2D eigenvalue weighted by atomic mass is 9.97. The number of rotatable bonds is 4. The lowest BCUT2D eigenvalue weighted by Crippen LogP contribution is -2.30. The smallest absolute Gasteiger partial charge is 0.186 e. The highest BCUT2D eigenvalue weighted by Gasteiger charge is 2.26. The van der Waals surface area contributed by atoms with E-state index in [9.17, 15) is 4.79 Å². The molecule has 1 aliphatic rings. The number of guanidine groups is 1. The monoisotopic (exact) mass is 212 g/mol. The van der Waals surface area contributed by atoms with Crippen LogP contribution in [0.25, 0.3) is 0 Å². The van der Waals surface area contributed by atoms with Gasteiger partial charge in [0.25, 0.3) is 0 Å². The molecule has 1 fully saturated rings. The zero-order valence-corrected chi connectivity index (χ0v) is 9.15. The van der Waals surface area contributed by atoms with Crippen LogP contribution in [0.2, 0.25) is 0 Å². The molecule has 0 spiro atoms. The SMILES string of the molecule is CC(=O)C(N)CC1CCC(N=C(N)N)C1. The maximum atomic E-state index is 11.0. The highest BCUT2D eigenvalue weighted by atomic mass is 16.1. The Balaban J connectivity index is 2.37. The average molecular weight is 212 g/mol. The molecule has 6 N–H and O–H groups in total. The van der Waals surface area contributed by atoms with Gasteiger partial charge in [0.2, 0.25) is 0 Å². The predicted molar refractivity (Wildman–Crippen MR) is 60.2 cm³/mol. The molecule has 0 aromatic heterocycles. The average Bonchev–Trinajstić information content (AvgIpc) is 2.51. The van der Waals surface area contributed by atoms with Crippen LogP contribution in [0.3, 0.4) is 0 Å². The van der Waals surface area contributed by atoms with Gasteiger partial charge in [-0.25, -0.2) is 0 Å². The Hall–Kier alpha value is -1.10. The number of ketones is 1. The highest BCUT2D eigenvalue weighted by Crippen LogP contribution is 2.30. The molecule has 1 aliphatic carbocycles. The second-order valence-corrected chi connectivity index (χ2v) is 4.34. The Morgan fingerprint density at radius 1 is 1.47 bits per heavy atom. The second-order valence-electron chi connectivity index (χ2n) is 4.34. The molecule has 0 radical (unpaired) electrons. The van der Waals surface area contributed by atoms with E-state index < -0.39 is 0 Å². The summed E-state index contributed by atoms with van der Waals surface area (Å²) in [6, 6.07) is -0.105. The van der Waals surface area contributed by atoms with Gasteiger partial charge < -0.3 is 17.2 Å². The number of nitrogens with zero attached hydrogens (tertiary/aromatic N) is 1. The van der Waals surface area contributed by atoms with E-state index in [2.05, 4.69) is 4.99 Å². The summed E-state index contributed by atoms with van der Waals surface area (Å²) >= 11 is 0. The van der Waals surface area contributed by atoms with Crippen LogP contribution in [0.1, 0.15) is 32.6 Å². The summed E-state index contributed by atoms with van der Waals surface area (Å²) in [6.07, 6.45) is 3.75. The van der Waals surface area contributed by atoms with Crippen molar-refractivity contribution in [1.82, 2.24) is 0 Å². The van der Waals surface area contributed by atoms with Gasteiger partial charge in [0, 0.05) is 0 Å². The van der Waals surface area contributed by atoms with Crippen molar-refractivity contribution in [3.8, 4) is 0 Å². The third-order valence-electron chi connectivity index (χ3n) is 2.95. The molecule has 0 aromatic carbocycles. The van der Waals surface area contributed by atoms with Crippen molar-refractivity contribution in [3.63, 3.8) is 0 Å². The lowest BCUT2D eigenvalue weighted by Gasteiger charge is -2.13. The van der Waals surface area contributed by atoms with E-state index in [-0.39, 0.29) is 23.8 Å². The van der Waals surface area contributed by atoms with E-state index in [1.807, 2.05) is 0 Å². The maximum absolute atomic E-state index is 11.0. The summed E-state index contributed by atoms with van der Waals surface area (Å²) < 4.78 is 0. The quantitative estimate of drug-likeness (QED) is 0.440. The molecule has 0 aliphatic heterocycles. The predicted octanol–water partition coefficient (Wildman–Crippen LogP) is -0.265. The molecule has 15 heavy (non-hydrogen) atoms. The Kier molecular flexibility index (Phi) is 4.08. The van der Waals surface area contributed by atoms with Gasteiger partial charge in [0.1, 0.15) is 5.78 Å². The summed E-state index contributed by atoms with van der Waals surface area (Å²) in [7, 11) is 0. The van der Waals surface area contributed by atoms with Gasteiger partial charge in [-0.15, -0.1) is 0 Å². The van der Waals surface area contributed by atoms with E-state index in [0.29, 0.717) is 5.92 Å². The fourth-order valence-corrected chi connectivity index (χ4v) is 2.12. The number of hydrogen-bond donors (Lipinski definition) is 3. The fraction of sp³-hybridized carbons (Fsp3) is 0.800. The molecule has 0 amide bonds. The molecule has 86 valence electrons. The minimum absolute atomic E-state index is 0.0558. The minimum Gasteiger partial charge on any atom is -0.370 e. The normalized spacial score (nSPS) is 27.3. The summed E-state index contributed by atoms with van der Waals surface area (Å²) in [5.41, 5.74) is 16.3. The number of nitrogens with two attached hydrogens (primary N) is 3. The number of carbonyl (C=O) groups excluding carboxylic acids is 1. The maximum Gasteiger partial charge on any atom is 0.186 e. The first-order valence-electron chi connectivity index (χ1n) is 5.33. The Morgan fingerprint density at radius 2 is 2.13 bits per heavy atom. The van der Waals surface area contributed by atoms with Crippen LogP contribution in [0.5, 0.6) is 0 Å². The molecule has 1 rings (SSSR count). The van der Waals surface area contributed by atoms with Crippen molar-refractivity contribution < 1.29 is 4.79 Å². The first-order valence-corrected chi connectivity index (χ1v) is 5.33. The fourth-order valence-electron chi connectivity index (χ4n) is 2.12. The third-order valence-corrected chi connectivity index (χ3v) is 2.95. The standard InChI is InChI=1S/C10H20N4O/c1-6(15)9(11)5-7-2-3-8(4-7)14-10(12)13/h7-9H,2-5,11H2,1H3,(H4,12,13,14). The Labute approximate surface area is 90.1 Å². The first-order chi connectivity index (χ1) is 6.99. The molecule has 5 heteroatoms. The number of hydrogen-bond acceptors (Lipinski definition) is 3. The van der Waals surface area contributed by atoms with E-state index in [1.54, 1.807) is 0 Å². The van der Waals surface area contributed by atoms with Crippen molar-refractivity contribution in [2.24, 2.45) is 28.1 Å². The molecular weight excluding hydrogens is 192 g/mol. The molecular formula is C10H20N4O. The lowest BCUT2D eigenvalue weighted by molar-refractivity contribution is -0.118. The van der Waals surface area contributed by atoms with Gasteiger partial charge in [-0.05, 0) is 38.5 Å². The van der Waals surface area contributed by atoms with Crippen molar-refractivity contribution in [2.75, 3.05) is 0 Å². The second kappa shape index (κ2) is 5.11. The summed E-state index contributed by atoms with van der Waals surface area (Å²) in [4.78, 5) is 15.1. The molecule has 0 bridgehead atoms. The van der Waals surface area contributed by atoms with Crippen molar-refractivity contribution in [1.29, 1.82) is 0 Å². The molecule has 0 heterocycles. The van der Waals surface area contributed by atoms with E-state index >= 15 is 0 Å². The summed E-state index contributed by atoms with van der Waals surface area (Å²) in [5, 5.41) is 0. The third kappa shape index (κ3) is 3.87. The topological polar surface area (TPSA) is 107 Å². The minimum atomic E-state index is -0.326. The molecule has 0 saturated heterocycles. The van der Waals surface area contributed by atoms with Crippen LogP contribution in [0.15, 0.2) is 4.99 Å². The molecule has 1 saturated carbocycles. The zero-order chi connectivity index (χ0) is 11.4. The number of aliphatic imine (C=N–C) groups is 1. The van der Waals surface area contributed by atoms with Crippen molar-refractivity contribution in [2.45, 2.75) is 44.7 Å². The Morgan fingerprint density at radius 3 is 2.67 bits per heavy atom. The van der Waals surface area contributed by atoms with E-state index in [4.69, 9.17) is 17.2 Å². The van der Waals surface area contributed by atoms with Gasteiger partial charge in [-0.2, -0.15) is 0 Å². The molecule has 3 unspecified atom stereocenters. The van der Waals surface area contributed by atoms with Gasteiger partial charge >= 0.3 is 0 Å². The van der Waals surface area contributed by atoms with Gasteiger partial charge in [-0.3, -0.25) is 9.79 Å². The number of carbonyl (C=O) groups is 1. The van der Waals surface area contributed by atoms with Gasteiger partial charge in [0.15, 0.2) is 5.96 Å². The van der Waals surface area contributed by atoms with Gasteiger partial charge in [-0.1, -0.05) is 0 Å². The van der Waals surface area contributed by atoms with Crippen molar-refractivity contribution in [3.05, 3.63) is 0 Å². The summed E-state index contributed by atoms with van der Waals surface area (Å²) in [5.74, 6) is 0.689. The first kappa shape index (κ1) is 12.0. The van der Waals surface area contributed by atoms with Crippen molar-refractivity contribution >= 4 is 11.7 Å². The van der Waals surface area contributed by atoms with Gasteiger partial charge in [0.05, 0.1) is 12.1 Å². The largest absolute Gasteiger partial charge is 0.370 e. The summed E-state index contributed by atoms with van der Waals surface area (Å²) in [6.45, 7) is 1.53. The zero-order valence-electron chi connectivity index (χ0n) is 9.15. The molecule has 3 atom stereocenters. The van der Waals surface area contributed by atoms with E-state index in [0.717, 1.165) is 25.7 Å². The van der Waals surface area contributed by atoms with Crippen LogP contribution < -0.4 is 17.2 Å². The van der Waals surface area contributed by atoms with Crippen LogP contribution in [-0.4, -0.2) is 23.8 Å². The highest BCUT2D eigenvalue weighted by molar-refractivity contribution is 5.81. The molecule has 5 nitrogen and oxygen atoms in total. The van der Waals surface area contributed by atoms with Crippen LogP contribution >= 0.6 is 0 Å².